The number of amides is 2. The molecule has 2 amide bonds. The number of carboxylic acid groups (broad SMARTS) is 1. The van der Waals surface area contributed by atoms with Crippen LogP contribution in [0.25, 0.3) is 11.1 Å². The summed E-state index contributed by atoms with van der Waals surface area (Å²) >= 11 is 0. The first-order valence-corrected chi connectivity index (χ1v) is 11.6. The van der Waals surface area contributed by atoms with Crippen molar-refractivity contribution >= 4 is 18.0 Å². The number of aliphatic carboxylic acids is 1. The molecule has 2 aliphatic rings. The Labute approximate surface area is 204 Å². The molecule has 0 spiro atoms. The van der Waals surface area contributed by atoms with Crippen LogP contribution in [-0.2, 0) is 23.8 Å². The van der Waals surface area contributed by atoms with Crippen molar-refractivity contribution in [2.45, 2.75) is 30.9 Å². The number of rotatable bonds is 8. The maximum Gasteiger partial charge on any atom is 0.407 e. The number of nitrogens with one attached hydrogen (secondary N) is 1. The number of benzene rings is 2. The van der Waals surface area contributed by atoms with Gasteiger partial charge in [-0.15, -0.1) is 0 Å². The molecular weight excluding hydrogens is 452 g/mol. The third-order valence-electron chi connectivity index (χ3n) is 6.49. The molecule has 0 aromatic heterocycles. The number of morpholine rings is 1. The predicted octanol–water partition coefficient (Wildman–Crippen LogP) is 2.63. The highest BCUT2D eigenvalue weighted by Crippen LogP contribution is 2.44. The molecule has 2 aromatic rings. The summed E-state index contributed by atoms with van der Waals surface area (Å²) in [4.78, 5) is 38.4. The number of nitrogens with zero attached hydrogens (tertiary/aromatic N) is 1. The topological polar surface area (TPSA) is 114 Å². The number of hydrogen-bond donors (Lipinski definition) is 2. The monoisotopic (exact) mass is 482 g/mol. The van der Waals surface area contributed by atoms with Gasteiger partial charge in [-0.1, -0.05) is 48.5 Å². The average Bonchev–Trinajstić information content (AvgIpc) is 3.16. The van der Waals surface area contributed by atoms with Crippen LogP contribution in [0.2, 0.25) is 0 Å². The van der Waals surface area contributed by atoms with Crippen LogP contribution in [-0.4, -0.2) is 79.6 Å². The Bertz CT molecular complexity index is 1060. The van der Waals surface area contributed by atoms with E-state index in [0.29, 0.717) is 0 Å². The fourth-order valence-electron chi connectivity index (χ4n) is 4.79. The third-order valence-corrected chi connectivity index (χ3v) is 6.49. The molecule has 1 aliphatic carbocycles. The molecule has 2 unspecified atom stereocenters. The number of hydrogen-bond acceptors (Lipinski definition) is 6. The first-order valence-electron chi connectivity index (χ1n) is 11.6. The Hall–Kier alpha value is -3.43. The van der Waals surface area contributed by atoms with E-state index in [1.54, 1.807) is 6.92 Å². The quantitative estimate of drug-likeness (QED) is 0.594. The second-order valence-corrected chi connectivity index (χ2v) is 8.97. The van der Waals surface area contributed by atoms with Gasteiger partial charge in [0.2, 0.25) is 11.5 Å². The summed E-state index contributed by atoms with van der Waals surface area (Å²) in [5.74, 6) is -1.51. The van der Waals surface area contributed by atoms with Crippen LogP contribution in [0, 0.1) is 0 Å². The molecule has 1 fully saturated rings. The van der Waals surface area contributed by atoms with E-state index < -0.39 is 23.7 Å². The first-order chi connectivity index (χ1) is 16.8. The lowest BCUT2D eigenvalue weighted by Crippen LogP contribution is -2.60. The second kappa shape index (κ2) is 10.5. The molecule has 2 aromatic carbocycles. The summed E-state index contributed by atoms with van der Waals surface area (Å²) in [5.41, 5.74) is 2.94. The minimum absolute atomic E-state index is 0.00682. The van der Waals surface area contributed by atoms with E-state index in [-0.39, 0.29) is 51.2 Å². The van der Waals surface area contributed by atoms with Gasteiger partial charge in [0.25, 0.3) is 0 Å². The zero-order valence-electron chi connectivity index (χ0n) is 19.9. The smallest absolute Gasteiger partial charge is 0.407 e. The zero-order valence-corrected chi connectivity index (χ0v) is 19.9. The lowest BCUT2D eigenvalue weighted by Gasteiger charge is -2.39. The summed E-state index contributed by atoms with van der Waals surface area (Å²) in [7, 11) is 1.38. The van der Waals surface area contributed by atoms with Gasteiger partial charge in [0, 0.05) is 32.0 Å². The molecule has 9 nitrogen and oxygen atoms in total. The number of fused-ring (bicyclic) bond motifs is 3. The molecule has 9 heteroatoms. The van der Waals surface area contributed by atoms with Crippen LogP contribution in [0.1, 0.15) is 30.4 Å². The van der Waals surface area contributed by atoms with E-state index in [9.17, 15) is 19.5 Å². The Kier molecular flexibility index (Phi) is 7.37. The van der Waals surface area contributed by atoms with Gasteiger partial charge >= 0.3 is 12.1 Å². The zero-order chi connectivity index (χ0) is 25.0. The minimum Gasteiger partial charge on any atom is -0.479 e. The summed E-state index contributed by atoms with van der Waals surface area (Å²) in [6.45, 7) is 1.97. The third kappa shape index (κ3) is 5.16. The highest BCUT2D eigenvalue weighted by molar-refractivity contribution is 5.82. The van der Waals surface area contributed by atoms with E-state index in [4.69, 9.17) is 14.2 Å². The van der Waals surface area contributed by atoms with Crippen molar-refractivity contribution in [2.75, 3.05) is 40.0 Å². The van der Waals surface area contributed by atoms with Gasteiger partial charge in [-0.25, -0.2) is 9.59 Å². The summed E-state index contributed by atoms with van der Waals surface area (Å²) in [6.07, 6.45) is -0.597. The summed E-state index contributed by atoms with van der Waals surface area (Å²) < 4.78 is 16.0. The molecule has 0 bridgehead atoms. The largest absolute Gasteiger partial charge is 0.479 e. The van der Waals surface area contributed by atoms with Gasteiger partial charge in [0.1, 0.15) is 6.61 Å². The van der Waals surface area contributed by atoms with Crippen LogP contribution in [0.4, 0.5) is 4.79 Å². The van der Waals surface area contributed by atoms with Gasteiger partial charge in [0.05, 0.1) is 19.8 Å². The van der Waals surface area contributed by atoms with Gasteiger partial charge in [-0.05, 0) is 29.2 Å². The number of carbonyl (C=O) groups excluding carboxylic acids is 2. The fourth-order valence-corrected chi connectivity index (χ4v) is 4.79. The van der Waals surface area contributed by atoms with E-state index >= 15 is 0 Å². The van der Waals surface area contributed by atoms with E-state index in [1.165, 1.54) is 12.0 Å². The molecule has 2 atom stereocenters. The van der Waals surface area contributed by atoms with Crippen LogP contribution in [0.5, 0.6) is 0 Å². The maximum absolute atomic E-state index is 12.8. The number of carboxylic acids is 1. The molecular formula is C26H30N2O7. The highest BCUT2D eigenvalue weighted by Gasteiger charge is 2.45. The van der Waals surface area contributed by atoms with Crippen LogP contribution in [0.3, 0.4) is 0 Å². The lowest BCUT2D eigenvalue weighted by molar-refractivity contribution is -0.189. The minimum atomic E-state index is -1.59. The molecule has 0 radical (unpaired) electrons. The van der Waals surface area contributed by atoms with Crippen molar-refractivity contribution in [3.8, 4) is 11.1 Å². The molecule has 4 rings (SSSR count). The van der Waals surface area contributed by atoms with Crippen molar-refractivity contribution < 1.29 is 33.7 Å². The maximum atomic E-state index is 12.8. The van der Waals surface area contributed by atoms with Crippen molar-refractivity contribution in [3.05, 3.63) is 59.7 Å². The van der Waals surface area contributed by atoms with Crippen molar-refractivity contribution in [2.24, 2.45) is 0 Å². The molecule has 1 heterocycles. The standard InChI is InChI=1S/C26H30N2O7/c1-17(13-23(29)28-11-12-35-26(15-28,16-33-2)24(30)31)27-25(32)34-14-22-20-9-5-3-7-18(20)19-8-4-6-10-21(19)22/h3-10,17,22H,11-16H2,1-2H3,(H,27,32)(H,30,31). The molecule has 35 heavy (non-hydrogen) atoms. The van der Waals surface area contributed by atoms with Crippen molar-refractivity contribution in [1.29, 1.82) is 0 Å². The van der Waals surface area contributed by atoms with Crippen LogP contribution in [0.15, 0.2) is 48.5 Å². The van der Waals surface area contributed by atoms with E-state index in [1.807, 2.05) is 36.4 Å². The van der Waals surface area contributed by atoms with Crippen molar-refractivity contribution in [3.63, 3.8) is 0 Å². The Morgan fingerprint density at radius 2 is 1.77 bits per heavy atom. The SMILES string of the molecule is COCC1(C(=O)O)CN(C(=O)CC(C)NC(=O)OCC2c3ccccc3-c3ccccc32)CCO1. The van der Waals surface area contributed by atoms with E-state index in [2.05, 4.69) is 17.4 Å². The summed E-state index contributed by atoms with van der Waals surface area (Å²) in [6, 6.07) is 15.7. The van der Waals surface area contributed by atoms with Crippen molar-refractivity contribution in [1.82, 2.24) is 10.2 Å². The fraction of sp³-hybridized carbons (Fsp3) is 0.423. The lowest BCUT2D eigenvalue weighted by atomic mass is 9.98. The summed E-state index contributed by atoms with van der Waals surface area (Å²) in [5, 5.41) is 12.3. The van der Waals surface area contributed by atoms with Gasteiger partial charge < -0.3 is 29.5 Å². The number of alkyl carbamates (subject to hydrolysis) is 1. The Morgan fingerprint density at radius 3 is 2.37 bits per heavy atom. The second-order valence-electron chi connectivity index (χ2n) is 8.97. The van der Waals surface area contributed by atoms with Gasteiger partial charge in [0.15, 0.2) is 0 Å². The first kappa shape index (κ1) is 24.7. The van der Waals surface area contributed by atoms with Gasteiger partial charge in [-0.2, -0.15) is 0 Å². The Morgan fingerprint density at radius 1 is 1.14 bits per heavy atom. The predicted molar refractivity (Wildman–Crippen MR) is 127 cm³/mol. The highest BCUT2D eigenvalue weighted by atomic mass is 16.6. The molecule has 1 aliphatic heterocycles. The number of ether oxygens (including phenoxy) is 3. The average molecular weight is 483 g/mol. The van der Waals surface area contributed by atoms with E-state index in [0.717, 1.165) is 22.3 Å². The molecule has 186 valence electrons. The number of methoxy groups -OCH3 is 1. The number of carbonyl (C=O) groups is 3. The van der Waals surface area contributed by atoms with Crippen LogP contribution >= 0.6 is 0 Å². The Balaban J connectivity index is 1.31. The molecule has 2 N–H and O–H groups in total. The van der Waals surface area contributed by atoms with Gasteiger partial charge in [-0.3, -0.25) is 4.79 Å². The normalized spacial score (nSPS) is 20.0. The molecule has 1 saturated heterocycles. The molecule has 0 saturated carbocycles. The van der Waals surface area contributed by atoms with Crippen LogP contribution < -0.4 is 5.32 Å².